The first kappa shape index (κ1) is 16.5. The monoisotopic (exact) mass is 334 g/mol. The molecule has 2 aliphatic carbocycles. The van der Waals surface area contributed by atoms with Crippen LogP contribution in [0.2, 0.25) is 0 Å². The smallest absolute Gasteiger partial charge is 0.165 e. The fraction of sp³-hybridized carbons (Fsp3) is 0.714. The van der Waals surface area contributed by atoms with Crippen LogP contribution in [0.4, 0.5) is 8.78 Å². The Morgan fingerprint density at radius 2 is 1.79 bits per heavy atom. The zero-order valence-electron chi connectivity index (χ0n) is 14.6. The Labute approximate surface area is 143 Å². The number of halogens is 2. The first-order valence-electron chi connectivity index (χ1n) is 9.78. The average Bonchev–Trinajstić information content (AvgIpc) is 3.44. The van der Waals surface area contributed by atoms with E-state index in [1.165, 1.54) is 38.5 Å². The molecule has 2 atom stereocenters. The summed E-state index contributed by atoms with van der Waals surface area (Å²) >= 11 is 0. The van der Waals surface area contributed by atoms with Crippen molar-refractivity contribution in [3.63, 3.8) is 0 Å². The van der Waals surface area contributed by atoms with Gasteiger partial charge in [0.15, 0.2) is 11.6 Å². The normalized spacial score (nSPS) is 32.5. The van der Waals surface area contributed by atoms with Gasteiger partial charge in [-0.2, -0.15) is 0 Å². The minimum absolute atomic E-state index is 0.212. The largest absolute Gasteiger partial charge is 0.368 e. The van der Waals surface area contributed by atoms with E-state index in [9.17, 15) is 8.78 Å². The second-order valence-electron chi connectivity index (χ2n) is 8.13. The summed E-state index contributed by atoms with van der Waals surface area (Å²) in [7, 11) is 0. The van der Waals surface area contributed by atoms with Crippen molar-refractivity contribution in [3.05, 3.63) is 34.4 Å². The van der Waals surface area contributed by atoms with Crippen LogP contribution in [0.15, 0.2) is 6.07 Å². The van der Waals surface area contributed by atoms with E-state index in [1.807, 2.05) is 6.07 Å². The topological polar surface area (TPSA) is 12.5 Å². The Kier molecular flexibility index (Phi) is 4.64. The summed E-state index contributed by atoms with van der Waals surface area (Å²) in [4.78, 5) is 0. The van der Waals surface area contributed by atoms with Crippen LogP contribution in [0.25, 0.3) is 0 Å². The second kappa shape index (κ2) is 6.74. The van der Waals surface area contributed by atoms with Crippen LogP contribution < -0.4 is 0 Å². The van der Waals surface area contributed by atoms with Crippen molar-refractivity contribution >= 4 is 0 Å². The van der Waals surface area contributed by atoms with E-state index in [0.29, 0.717) is 29.6 Å². The van der Waals surface area contributed by atoms with Crippen molar-refractivity contribution < 1.29 is 13.5 Å². The third-order valence-electron chi connectivity index (χ3n) is 6.61. The molecular weight excluding hydrogens is 306 g/mol. The van der Waals surface area contributed by atoms with Gasteiger partial charge in [-0.25, -0.2) is 8.78 Å². The number of hydrogen-bond donors (Lipinski definition) is 0. The molecule has 0 spiro atoms. The van der Waals surface area contributed by atoms with Crippen molar-refractivity contribution in [1.82, 2.24) is 0 Å². The number of fused-ring (bicyclic) bond motifs is 1. The zero-order valence-corrected chi connectivity index (χ0v) is 14.6. The summed E-state index contributed by atoms with van der Waals surface area (Å²) in [6.45, 7) is 2.79. The summed E-state index contributed by atoms with van der Waals surface area (Å²) in [6, 6.07) is 1.87. The molecule has 0 N–H and O–H groups in total. The van der Waals surface area contributed by atoms with Crippen molar-refractivity contribution in [2.75, 3.05) is 6.61 Å². The van der Waals surface area contributed by atoms with E-state index in [2.05, 4.69) is 6.92 Å². The lowest BCUT2D eigenvalue weighted by molar-refractivity contribution is 0.182. The summed E-state index contributed by atoms with van der Waals surface area (Å²) in [6.07, 6.45) is 10.4. The van der Waals surface area contributed by atoms with Crippen molar-refractivity contribution in [1.29, 1.82) is 0 Å². The van der Waals surface area contributed by atoms with E-state index in [1.54, 1.807) is 0 Å². The third-order valence-corrected chi connectivity index (χ3v) is 6.61. The molecule has 132 valence electrons. The molecule has 1 aliphatic heterocycles. The molecule has 0 radical (unpaired) electrons. The molecule has 4 rings (SSSR count). The van der Waals surface area contributed by atoms with Gasteiger partial charge in [0.05, 0.1) is 6.61 Å². The van der Waals surface area contributed by atoms with E-state index < -0.39 is 11.6 Å². The van der Waals surface area contributed by atoms with Gasteiger partial charge in [-0.1, -0.05) is 32.6 Å². The van der Waals surface area contributed by atoms with E-state index >= 15 is 0 Å². The maximum Gasteiger partial charge on any atom is 0.165 e. The fourth-order valence-electron chi connectivity index (χ4n) is 5.11. The molecule has 2 unspecified atom stereocenters. The average molecular weight is 334 g/mol. The Morgan fingerprint density at radius 1 is 1.04 bits per heavy atom. The van der Waals surface area contributed by atoms with Crippen LogP contribution >= 0.6 is 0 Å². The summed E-state index contributed by atoms with van der Waals surface area (Å²) in [5, 5.41) is 0. The molecule has 24 heavy (non-hydrogen) atoms. The standard InChI is InChI=1S/C21H28F2O/c1-2-3-13-4-6-14(7-5-13)15-8-9-16-11-18(19-12-24-19)21(23)20(22)17(16)10-15/h11,13-15,19H,2-10,12H2,1H3. The Balaban J connectivity index is 1.47. The fourth-order valence-corrected chi connectivity index (χ4v) is 5.11. The molecule has 1 heterocycles. The molecule has 1 aromatic carbocycles. The maximum absolute atomic E-state index is 14.6. The van der Waals surface area contributed by atoms with Gasteiger partial charge in [0.1, 0.15) is 6.10 Å². The van der Waals surface area contributed by atoms with Gasteiger partial charge >= 0.3 is 0 Å². The Bertz CT molecular complexity index is 600. The van der Waals surface area contributed by atoms with Crippen molar-refractivity contribution in [2.24, 2.45) is 17.8 Å². The highest BCUT2D eigenvalue weighted by atomic mass is 19.2. The molecule has 0 aromatic heterocycles. The zero-order chi connectivity index (χ0) is 16.7. The molecule has 1 saturated carbocycles. The predicted molar refractivity (Wildman–Crippen MR) is 90.9 cm³/mol. The Morgan fingerprint density at radius 3 is 2.46 bits per heavy atom. The van der Waals surface area contributed by atoms with Crippen molar-refractivity contribution in [3.8, 4) is 0 Å². The predicted octanol–water partition coefficient (Wildman–Crippen LogP) is 5.75. The van der Waals surface area contributed by atoms with Gasteiger partial charge in [0.25, 0.3) is 0 Å². The lowest BCUT2D eigenvalue weighted by atomic mass is 9.69. The summed E-state index contributed by atoms with van der Waals surface area (Å²) in [5.41, 5.74) is 2.11. The molecule has 3 heteroatoms. The maximum atomic E-state index is 14.6. The van der Waals surface area contributed by atoms with Crippen molar-refractivity contribution in [2.45, 2.75) is 70.8 Å². The molecule has 1 nitrogen and oxygen atoms in total. The van der Waals surface area contributed by atoms with Gasteiger partial charge in [-0.3, -0.25) is 0 Å². The highest BCUT2D eigenvalue weighted by molar-refractivity contribution is 5.38. The number of epoxide rings is 1. The highest BCUT2D eigenvalue weighted by Crippen LogP contribution is 2.43. The van der Waals surface area contributed by atoms with E-state index in [-0.39, 0.29) is 6.10 Å². The summed E-state index contributed by atoms with van der Waals surface area (Å²) in [5.74, 6) is 0.889. The Hall–Kier alpha value is -0.960. The van der Waals surface area contributed by atoms with Crippen LogP contribution in [0.1, 0.15) is 74.7 Å². The lowest BCUT2D eigenvalue weighted by Gasteiger charge is -2.36. The van der Waals surface area contributed by atoms with Gasteiger partial charge in [0.2, 0.25) is 0 Å². The van der Waals surface area contributed by atoms with Gasteiger partial charge < -0.3 is 4.74 Å². The third kappa shape index (κ3) is 3.12. The molecule has 0 bridgehead atoms. The molecular formula is C21H28F2O. The van der Waals surface area contributed by atoms with Crippen LogP contribution in [-0.2, 0) is 17.6 Å². The molecule has 2 fully saturated rings. The number of ether oxygens (including phenoxy) is 1. The highest BCUT2D eigenvalue weighted by Gasteiger charge is 2.35. The molecule has 1 aromatic rings. The van der Waals surface area contributed by atoms with Crippen LogP contribution in [0.3, 0.4) is 0 Å². The molecule has 1 saturated heterocycles. The number of rotatable bonds is 4. The molecule has 3 aliphatic rings. The van der Waals surface area contributed by atoms with Gasteiger partial charge in [0, 0.05) is 5.56 Å². The van der Waals surface area contributed by atoms with Crippen LogP contribution in [0.5, 0.6) is 0 Å². The number of hydrogen-bond acceptors (Lipinski definition) is 1. The van der Waals surface area contributed by atoms with Crippen LogP contribution in [-0.4, -0.2) is 6.61 Å². The SMILES string of the molecule is CCCC1CCC(C2CCc3cc(C4CO4)c(F)c(F)c3C2)CC1. The first-order valence-corrected chi connectivity index (χ1v) is 9.78. The molecule has 0 amide bonds. The minimum atomic E-state index is -0.663. The second-order valence-corrected chi connectivity index (χ2v) is 8.13. The van der Waals surface area contributed by atoms with Gasteiger partial charge in [-0.05, 0) is 67.1 Å². The number of aryl methyl sites for hydroxylation is 1. The minimum Gasteiger partial charge on any atom is -0.368 e. The summed E-state index contributed by atoms with van der Waals surface area (Å²) < 4.78 is 34.1. The van der Waals surface area contributed by atoms with Crippen LogP contribution in [0, 0.1) is 29.4 Å². The lowest BCUT2D eigenvalue weighted by Crippen LogP contribution is -2.27. The quantitative estimate of drug-likeness (QED) is 0.639. The van der Waals surface area contributed by atoms with Gasteiger partial charge in [-0.15, -0.1) is 0 Å². The number of benzene rings is 1. The van der Waals surface area contributed by atoms with E-state index in [0.717, 1.165) is 30.7 Å². The first-order chi connectivity index (χ1) is 11.7. The van der Waals surface area contributed by atoms with E-state index in [4.69, 9.17) is 4.74 Å².